The van der Waals surface area contributed by atoms with Gasteiger partial charge in [0.25, 0.3) is 0 Å². The maximum absolute atomic E-state index is 5.99. The lowest BCUT2D eigenvalue weighted by molar-refractivity contribution is 0.378. The number of halogens is 2. The van der Waals surface area contributed by atoms with Gasteiger partial charge in [-0.25, -0.2) is 0 Å². The van der Waals surface area contributed by atoms with Crippen LogP contribution in [0, 0.1) is 0 Å². The van der Waals surface area contributed by atoms with E-state index in [9.17, 15) is 0 Å². The average molecular weight is 508 g/mol. The van der Waals surface area contributed by atoms with Gasteiger partial charge in [-0.15, -0.1) is 24.0 Å². The molecule has 2 N–H and O–H groups in total. The highest BCUT2D eigenvalue weighted by Crippen LogP contribution is 2.25. The third-order valence-electron chi connectivity index (χ3n) is 3.93. The van der Waals surface area contributed by atoms with Crippen LogP contribution in [0.15, 0.2) is 33.8 Å². The number of aromatic nitrogens is 2. The number of aliphatic imine (C=N–C) groups is 1. The number of nitrogens with zero attached hydrogens (tertiary/aromatic N) is 3. The molecule has 1 atom stereocenters. The van der Waals surface area contributed by atoms with Crippen molar-refractivity contribution < 1.29 is 4.52 Å². The molecule has 0 spiro atoms. The van der Waals surface area contributed by atoms with Crippen LogP contribution in [0.5, 0.6) is 0 Å². The molecule has 26 heavy (non-hydrogen) atoms. The van der Waals surface area contributed by atoms with Crippen molar-refractivity contribution in [1.82, 2.24) is 20.8 Å². The smallest absolute Gasteiger partial charge is 0.228 e. The van der Waals surface area contributed by atoms with Gasteiger partial charge < -0.3 is 15.2 Å². The summed E-state index contributed by atoms with van der Waals surface area (Å²) in [5.41, 5.74) is 0.849. The van der Waals surface area contributed by atoms with E-state index in [1.165, 1.54) is 18.6 Å². The van der Waals surface area contributed by atoms with E-state index in [1.807, 2.05) is 36.0 Å². The van der Waals surface area contributed by atoms with E-state index < -0.39 is 0 Å². The first-order valence-electron chi connectivity index (χ1n) is 8.39. The summed E-state index contributed by atoms with van der Waals surface area (Å²) in [4.78, 5) is 8.66. The highest BCUT2D eigenvalue weighted by Gasteiger charge is 2.15. The summed E-state index contributed by atoms with van der Waals surface area (Å²) in [6, 6.07) is 7.42. The van der Waals surface area contributed by atoms with Crippen molar-refractivity contribution in [3.8, 4) is 11.4 Å². The molecule has 3 rings (SSSR count). The Morgan fingerprint density at radius 2 is 2.31 bits per heavy atom. The van der Waals surface area contributed by atoms with Crippen molar-refractivity contribution >= 4 is 53.3 Å². The number of hydrogen-bond acceptors (Lipinski definition) is 5. The summed E-state index contributed by atoms with van der Waals surface area (Å²) in [6.45, 7) is 1.62. The third kappa shape index (κ3) is 6.31. The van der Waals surface area contributed by atoms with Gasteiger partial charge in [0.15, 0.2) is 5.96 Å². The number of thioether (sulfide) groups is 1. The number of rotatable bonds is 6. The molecule has 0 saturated carbocycles. The molecule has 1 aromatic heterocycles. The summed E-state index contributed by atoms with van der Waals surface area (Å²) >= 11 is 8.02. The molecule has 0 amide bonds. The first-order valence-corrected chi connectivity index (χ1v) is 9.82. The van der Waals surface area contributed by atoms with E-state index in [0.29, 0.717) is 35.0 Å². The maximum atomic E-state index is 5.99. The molecular weight excluding hydrogens is 485 g/mol. The topological polar surface area (TPSA) is 75.3 Å². The molecule has 2 heterocycles. The molecule has 6 nitrogen and oxygen atoms in total. The summed E-state index contributed by atoms with van der Waals surface area (Å²) in [5, 5.41) is 12.0. The minimum absolute atomic E-state index is 0. The van der Waals surface area contributed by atoms with E-state index in [-0.39, 0.29) is 24.0 Å². The second-order valence-corrected chi connectivity index (χ2v) is 7.63. The molecule has 1 aromatic carbocycles. The lowest BCUT2D eigenvalue weighted by Crippen LogP contribution is -2.40. The van der Waals surface area contributed by atoms with Gasteiger partial charge in [-0.1, -0.05) is 28.9 Å². The van der Waals surface area contributed by atoms with E-state index in [4.69, 9.17) is 16.1 Å². The summed E-state index contributed by atoms with van der Waals surface area (Å²) in [7, 11) is 1.78. The van der Waals surface area contributed by atoms with E-state index in [1.54, 1.807) is 7.05 Å². The van der Waals surface area contributed by atoms with Gasteiger partial charge in [0.05, 0.1) is 0 Å². The zero-order valence-corrected chi connectivity index (χ0v) is 18.5. The standard InChI is InChI=1S/C17H22ClN5OS.HI/c1-19-17(21-11-14-6-3-9-25-14)20-8-7-15-22-16(23-24-15)12-4-2-5-13(18)10-12;/h2,4-5,10,14H,3,6-9,11H2,1H3,(H2,19,20,21);1H. The van der Waals surface area contributed by atoms with Crippen LogP contribution in [0.1, 0.15) is 18.7 Å². The first kappa shape index (κ1) is 21.3. The van der Waals surface area contributed by atoms with E-state index in [0.717, 1.165) is 18.1 Å². The molecule has 9 heteroatoms. The van der Waals surface area contributed by atoms with Gasteiger partial charge in [0.1, 0.15) is 0 Å². The molecule has 0 bridgehead atoms. The normalized spacial score (nSPS) is 17.0. The van der Waals surface area contributed by atoms with Crippen LogP contribution >= 0.6 is 47.3 Å². The zero-order valence-electron chi connectivity index (χ0n) is 14.6. The van der Waals surface area contributed by atoms with Crippen LogP contribution in [0.25, 0.3) is 11.4 Å². The van der Waals surface area contributed by atoms with E-state index in [2.05, 4.69) is 25.8 Å². The Labute approximate surface area is 180 Å². The average Bonchev–Trinajstić information content (AvgIpc) is 3.30. The molecule has 1 unspecified atom stereocenters. The van der Waals surface area contributed by atoms with Crippen molar-refractivity contribution in [3.05, 3.63) is 35.2 Å². The summed E-state index contributed by atoms with van der Waals surface area (Å²) < 4.78 is 5.31. The predicted molar refractivity (Wildman–Crippen MR) is 119 cm³/mol. The SMILES string of the molecule is CN=C(NCCc1nc(-c2cccc(Cl)c2)no1)NCC1CCCS1.I. The molecule has 0 radical (unpaired) electrons. The molecule has 1 aliphatic rings. The minimum Gasteiger partial charge on any atom is -0.356 e. The molecule has 1 saturated heterocycles. The lowest BCUT2D eigenvalue weighted by Gasteiger charge is -2.14. The molecular formula is C17H23ClIN5OS. The molecule has 1 fully saturated rings. The number of guanidine groups is 1. The highest BCUT2D eigenvalue weighted by atomic mass is 127. The van der Waals surface area contributed by atoms with Gasteiger partial charge in [0, 0.05) is 42.4 Å². The molecule has 142 valence electrons. The van der Waals surface area contributed by atoms with Gasteiger partial charge in [-0.2, -0.15) is 16.7 Å². The summed E-state index contributed by atoms with van der Waals surface area (Å²) in [5.74, 6) is 3.22. The van der Waals surface area contributed by atoms with Crippen molar-refractivity contribution in [2.24, 2.45) is 4.99 Å². The highest BCUT2D eigenvalue weighted by molar-refractivity contribution is 14.0. The largest absolute Gasteiger partial charge is 0.356 e. The zero-order chi connectivity index (χ0) is 17.5. The number of benzene rings is 1. The Balaban J connectivity index is 0.00000243. The van der Waals surface area contributed by atoms with Gasteiger partial charge in [0.2, 0.25) is 11.7 Å². The Morgan fingerprint density at radius 3 is 3.04 bits per heavy atom. The van der Waals surface area contributed by atoms with Crippen molar-refractivity contribution in [2.75, 3.05) is 25.9 Å². The quantitative estimate of drug-likeness (QED) is 0.353. The first-order chi connectivity index (χ1) is 12.2. The molecule has 1 aliphatic heterocycles. The monoisotopic (exact) mass is 507 g/mol. The van der Waals surface area contributed by atoms with Crippen molar-refractivity contribution in [3.63, 3.8) is 0 Å². The fourth-order valence-corrected chi connectivity index (χ4v) is 4.02. The molecule has 2 aromatic rings. The predicted octanol–water partition coefficient (Wildman–Crippen LogP) is 3.61. The molecule has 0 aliphatic carbocycles. The Bertz CT molecular complexity index is 721. The van der Waals surface area contributed by atoms with Crippen LogP contribution < -0.4 is 10.6 Å². The van der Waals surface area contributed by atoms with Crippen LogP contribution in [0.2, 0.25) is 5.02 Å². The third-order valence-corrected chi connectivity index (χ3v) is 5.56. The van der Waals surface area contributed by atoms with Gasteiger partial charge in [-0.3, -0.25) is 4.99 Å². The summed E-state index contributed by atoms with van der Waals surface area (Å²) in [6.07, 6.45) is 3.23. The van der Waals surface area contributed by atoms with Crippen LogP contribution in [0.3, 0.4) is 0 Å². The van der Waals surface area contributed by atoms with Crippen molar-refractivity contribution in [2.45, 2.75) is 24.5 Å². The lowest BCUT2D eigenvalue weighted by atomic mass is 10.2. The maximum Gasteiger partial charge on any atom is 0.228 e. The Kier molecular flexibility index (Phi) is 9.00. The number of nitrogens with one attached hydrogen (secondary N) is 2. The Morgan fingerprint density at radius 1 is 1.42 bits per heavy atom. The fraction of sp³-hybridized carbons (Fsp3) is 0.471. The van der Waals surface area contributed by atoms with Crippen LogP contribution in [-0.4, -0.2) is 47.2 Å². The minimum atomic E-state index is 0. The van der Waals surface area contributed by atoms with Crippen molar-refractivity contribution in [1.29, 1.82) is 0 Å². The number of hydrogen-bond donors (Lipinski definition) is 2. The van der Waals surface area contributed by atoms with Crippen LogP contribution in [-0.2, 0) is 6.42 Å². The Hall–Kier alpha value is -1.000. The van der Waals surface area contributed by atoms with E-state index >= 15 is 0 Å². The van der Waals surface area contributed by atoms with Crippen LogP contribution in [0.4, 0.5) is 0 Å². The second kappa shape index (κ2) is 11.0. The van der Waals surface area contributed by atoms with Gasteiger partial charge in [-0.05, 0) is 30.7 Å². The second-order valence-electron chi connectivity index (χ2n) is 5.79. The van der Waals surface area contributed by atoms with Gasteiger partial charge >= 0.3 is 0 Å². The fourth-order valence-electron chi connectivity index (χ4n) is 2.63.